The van der Waals surface area contributed by atoms with Gasteiger partial charge in [0.2, 0.25) is 5.89 Å². The van der Waals surface area contributed by atoms with Crippen LogP contribution in [0.3, 0.4) is 0 Å². The first-order valence-electron chi connectivity index (χ1n) is 9.20. The first-order chi connectivity index (χ1) is 13.7. The van der Waals surface area contributed by atoms with E-state index in [1.54, 1.807) is 13.8 Å². The Morgan fingerprint density at radius 1 is 1.07 bits per heavy atom. The number of nitrogens with zero attached hydrogens (tertiary/aromatic N) is 2. The van der Waals surface area contributed by atoms with E-state index in [-0.39, 0.29) is 16.5 Å². The average molecular weight is 413 g/mol. The Balaban J connectivity index is 1.73. The number of hydrogen-bond acceptors (Lipinski definition) is 6. The van der Waals surface area contributed by atoms with Crippen molar-refractivity contribution in [2.45, 2.75) is 44.3 Å². The highest BCUT2D eigenvalue weighted by molar-refractivity contribution is 7.92. The van der Waals surface area contributed by atoms with Gasteiger partial charge >= 0.3 is 6.01 Å². The third-order valence-electron chi connectivity index (χ3n) is 4.66. The maximum atomic E-state index is 12.5. The highest BCUT2D eigenvalue weighted by Gasteiger charge is 2.21. The Hall–Kier alpha value is -3.00. The lowest BCUT2D eigenvalue weighted by atomic mass is 10.0. The Morgan fingerprint density at radius 2 is 1.83 bits per heavy atom. The van der Waals surface area contributed by atoms with Gasteiger partial charge in [-0.25, -0.2) is 8.42 Å². The van der Waals surface area contributed by atoms with Gasteiger partial charge in [0.1, 0.15) is 0 Å². The monoisotopic (exact) mass is 413 g/mol. The Bertz CT molecular complexity index is 1150. The zero-order valence-corrected chi connectivity index (χ0v) is 17.6. The molecule has 3 aromatic rings. The van der Waals surface area contributed by atoms with E-state index in [4.69, 9.17) is 4.42 Å². The number of benzene rings is 2. The van der Waals surface area contributed by atoms with Gasteiger partial charge in [-0.15, -0.1) is 5.10 Å². The normalized spacial score (nSPS) is 11.6. The van der Waals surface area contributed by atoms with Crippen molar-refractivity contribution in [1.29, 1.82) is 0 Å². The SMILES string of the molecule is Cc1ccc(Cc2nnc(NC(=O)c3cccc(S(=O)(=O)C(C)C)c3)o2)cc1C. The van der Waals surface area contributed by atoms with Crippen molar-refractivity contribution < 1.29 is 17.6 Å². The number of sulfone groups is 1. The summed E-state index contributed by atoms with van der Waals surface area (Å²) >= 11 is 0. The van der Waals surface area contributed by atoms with E-state index < -0.39 is 21.0 Å². The van der Waals surface area contributed by atoms with Crippen molar-refractivity contribution in [3.8, 4) is 0 Å². The zero-order valence-electron chi connectivity index (χ0n) is 16.8. The van der Waals surface area contributed by atoms with Gasteiger partial charge in [-0.05, 0) is 62.6 Å². The Morgan fingerprint density at radius 3 is 2.52 bits per heavy atom. The van der Waals surface area contributed by atoms with Gasteiger partial charge in [0.05, 0.1) is 16.6 Å². The molecule has 0 radical (unpaired) electrons. The lowest BCUT2D eigenvalue weighted by Gasteiger charge is -2.09. The number of amides is 1. The second-order valence-electron chi connectivity index (χ2n) is 7.17. The molecule has 0 saturated heterocycles. The fraction of sp³-hybridized carbons (Fsp3) is 0.286. The average Bonchev–Trinajstić information content (AvgIpc) is 3.11. The Labute approximate surface area is 170 Å². The number of aromatic nitrogens is 2. The van der Waals surface area contributed by atoms with Crippen molar-refractivity contribution in [2.75, 3.05) is 5.32 Å². The molecule has 1 heterocycles. The fourth-order valence-electron chi connectivity index (χ4n) is 2.72. The minimum Gasteiger partial charge on any atom is -0.407 e. The van der Waals surface area contributed by atoms with Gasteiger partial charge in [-0.3, -0.25) is 10.1 Å². The highest BCUT2D eigenvalue weighted by atomic mass is 32.2. The highest BCUT2D eigenvalue weighted by Crippen LogP contribution is 2.19. The summed E-state index contributed by atoms with van der Waals surface area (Å²) in [4.78, 5) is 12.6. The molecule has 152 valence electrons. The minimum atomic E-state index is -3.47. The summed E-state index contributed by atoms with van der Waals surface area (Å²) in [5.74, 6) is -0.146. The van der Waals surface area contributed by atoms with Gasteiger partial charge in [-0.1, -0.05) is 29.4 Å². The number of carbonyl (C=O) groups is 1. The number of anilines is 1. The van der Waals surface area contributed by atoms with E-state index >= 15 is 0 Å². The quantitative estimate of drug-likeness (QED) is 0.661. The van der Waals surface area contributed by atoms with Crippen molar-refractivity contribution in [2.24, 2.45) is 0 Å². The molecule has 0 atom stereocenters. The van der Waals surface area contributed by atoms with Gasteiger partial charge in [0, 0.05) is 5.56 Å². The molecule has 2 aromatic carbocycles. The van der Waals surface area contributed by atoms with E-state index in [0.29, 0.717) is 12.3 Å². The van der Waals surface area contributed by atoms with Gasteiger partial charge in [0.25, 0.3) is 5.91 Å². The van der Waals surface area contributed by atoms with E-state index in [1.165, 1.54) is 35.4 Å². The van der Waals surface area contributed by atoms with Crippen LogP contribution in [0.1, 0.15) is 46.8 Å². The summed E-state index contributed by atoms with van der Waals surface area (Å²) in [5.41, 5.74) is 3.60. The first kappa shape index (κ1) is 20.7. The summed E-state index contributed by atoms with van der Waals surface area (Å²) in [6.45, 7) is 7.27. The summed E-state index contributed by atoms with van der Waals surface area (Å²) in [6.07, 6.45) is 0.451. The molecular weight excluding hydrogens is 390 g/mol. The van der Waals surface area contributed by atoms with E-state index in [9.17, 15) is 13.2 Å². The van der Waals surface area contributed by atoms with Crippen molar-refractivity contribution in [3.63, 3.8) is 0 Å². The van der Waals surface area contributed by atoms with Crippen LogP contribution in [0.25, 0.3) is 0 Å². The molecule has 3 rings (SSSR count). The largest absolute Gasteiger partial charge is 0.407 e. The van der Waals surface area contributed by atoms with Crippen LogP contribution in [0.15, 0.2) is 51.8 Å². The summed E-state index contributed by atoms with van der Waals surface area (Å²) in [6, 6.07) is 11.9. The van der Waals surface area contributed by atoms with E-state index in [0.717, 1.165) is 5.56 Å². The van der Waals surface area contributed by atoms with E-state index in [2.05, 4.69) is 21.6 Å². The molecule has 0 aliphatic rings. The molecule has 0 spiro atoms. The van der Waals surface area contributed by atoms with Crippen LogP contribution in [0, 0.1) is 13.8 Å². The molecule has 0 fully saturated rings. The third kappa shape index (κ3) is 4.71. The molecule has 29 heavy (non-hydrogen) atoms. The lowest BCUT2D eigenvalue weighted by molar-refractivity contribution is 0.102. The molecule has 1 aromatic heterocycles. The van der Waals surface area contributed by atoms with E-state index in [1.807, 2.05) is 26.0 Å². The van der Waals surface area contributed by atoms with Crippen LogP contribution in [0.4, 0.5) is 6.01 Å². The predicted molar refractivity (Wildman–Crippen MR) is 110 cm³/mol. The van der Waals surface area contributed by atoms with Gasteiger partial charge in [0.15, 0.2) is 9.84 Å². The van der Waals surface area contributed by atoms with Gasteiger partial charge < -0.3 is 4.42 Å². The molecule has 0 unspecified atom stereocenters. The van der Waals surface area contributed by atoms with Crippen LogP contribution >= 0.6 is 0 Å². The lowest BCUT2D eigenvalue weighted by Crippen LogP contribution is -2.16. The molecule has 0 aliphatic heterocycles. The molecule has 1 amide bonds. The van der Waals surface area contributed by atoms with Crippen LogP contribution < -0.4 is 5.32 Å². The van der Waals surface area contributed by atoms with Crippen molar-refractivity contribution >= 4 is 21.8 Å². The second-order valence-corrected chi connectivity index (χ2v) is 9.68. The minimum absolute atomic E-state index is 0.0362. The molecule has 7 nitrogen and oxygen atoms in total. The second kappa shape index (κ2) is 8.16. The predicted octanol–water partition coefficient (Wildman–Crippen LogP) is 3.71. The first-order valence-corrected chi connectivity index (χ1v) is 10.8. The van der Waals surface area contributed by atoms with Crippen LogP contribution in [0.5, 0.6) is 0 Å². The standard InChI is InChI=1S/C21H23N3O4S/c1-13(2)29(26,27)18-7-5-6-17(12-18)20(25)22-21-24-23-19(28-21)11-16-9-8-14(3)15(4)10-16/h5-10,12-13H,11H2,1-4H3,(H,22,24,25). The van der Waals surface area contributed by atoms with Crippen LogP contribution in [-0.4, -0.2) is 29.8 Å². The fourth-order valence-corrected chi connectivity index (χ4v) is 3.82. The maximum absolute atomic E-state index is 12.5. The van der Waals surface area contributed by atoms with Crippen LogP contribution in [0.2, 0.25) is 0 Å². The number of aryl methyl sites for hydroxylation is 2. The maximum Gasteiger partial charge on any atom is 0.322 e. The van der Waals surface area contributed by atoms with Crippen molar-refractivity contribution in [3.05, 3.63) is 70.6 Å². The zero-order chi connectivity index (χ0) is 21.2. The topological polar surface area (TPSA) is 102 Å². The van der Waals surface area contributed by atoms with Crippen molar-refractivity contribution in [1.82, 2.24) is 10.2 Å². The third-order valence-corrected chi connectivity index (χ3v) is 6.81. The summed E-state index contributed by atoms with van der Waals surface area (Å²) < 4.78 is 30.1. The number of carbonyl (C=O) groups excluding carboxylic acids is 1. The number of nitrogens with one attached hydrogen (secondary N) is 1. The summed E-state index contributed by atoms with van der Waals surface area (Å²) in [7, 11) is -3.47. The summed E-state index contributed by atoms with van der Waals surface area (Å²) in [5, 5.41) is 9.75. The number of rotatable bonds is 6. The molecule has 0 bridgehead atoms. The van der Waals surface area contributed by atoms with Crippen LogP contribution in [-0.2, 0) is 16.3 Å². The molecular formula is C21H23N3O4S. The van der Waals surface area contributed by atoms with Gasteiger partial charge in [-0.2, -0.15) is 0 Å². The smallest absolute Gasteiger partial charge is 0.322 e. The molecule has 0 aliphatic carbocycles. The Kier molecular flexibility index (Phi) is 5.83. The molecule has 1 N–H and O–H groups in total. The molecule has 8 heteroatoms. The molecule has 0 saturated carbocycles. The number of hydrogen-bond donors (Lipinski definition) is 1.